The second-order valence-corrected chi connectivity index (χ2v) is 7.21. The Labute approximate surface area is 140 Å². The largest absolute Gasteiger partial charge is 0.481 e. The maximum atomic E-state index is 12.0. The molecule has 2 amide bonds. The van der Waals surface area contributed by atoms with Gasteiger partial charge in [0.25, 0.3) is 0 Å². The highest BCUT2D eigenvalue weighted by molar-refractivity contribution is 7.89. The van der Waals surface area contributed by atoms with Crippen molar-refractivity contribution in [2.24, 2.45) is 5.92 Å². The van der Waals surface area contributed by atoms with Crippen molar-refractivity contribution in [1.29, 1.82) is 0 Å². The van der Waals surface area contributed by atoms with E-state index in [1.807, 2.05) is 0 Å². The van der Waals surface area contributed by atoms with Crippen LogP contribution in [-0.4, -0.2) is 61.6 Å². The molecule has 24 heavy (non-hydrogen) atoms. The molecule has 1 atom stereocenters. The van der Waals surface area contributed by atoms with Gasteiger partial charge in [0.15, 0.2) is 0 Å². The van der Waals surface area contributed by atoms with Crippen molar-refractivity contribution in [3.63, 3.8) is 0 Å². The summed E-state index contributed by atoms with van der Waals surface area (Å²) in [6.07, 6.45) is 3.91. The van der Waals surface area contributed by atoms with Gasteiger partial charge in [-0.2, -0.15) is 0 Å². The van der Waals surface area contributed by atoms with Gasteiger partial charge in [0.1, 0.15) is 4.90 Å². The number of aromatic nitrogens is 1. The molecule has 1 aromatic heterocycles. The molecule has 0 aromatic carbocycles. The summed E-state index contributed by atoms with van der Waals surface area (Å²) < 4.78 is 26.3. The molecule has 1 unspecified atom stereocenters. The van der Waals surface area contributed by atoms with Crippen LogP contribution in [0.4, 0.5) is 4.79 Å². The van der Waals surface area contributed by atoms with Crippen molar-refractivity contribution < 1.29 is 23.1 Å². The maximum absolute atomic E-state index is 12.0. The molecule has 0 spiro atoms. The molecule has 1 fully saturated rings. The molecule has 2 rings (SSSR count). The third kappa shape index (κ3) is 4.90. The van der Waals surface area contributed by atoms with Gasteiger partial charge < -0.3 is 15.3 Å². The van der Waals surface area contributed by atoms with E-state index in [9.17, 15) is 18.0 Å². The summed E-state index contributed by atoms with van der Waals surface area (Å²) in [6.45, 7) is 0.797. The summed E-state index contributed by atoms with van der Waals surface area (Å²) in [5, 5.41) is 11.6. The van der Waals surface area contributed by atoms with E-state index in [1.54, 1.807) is 0 Å². The maximum Gasteiger partial charge on any atom is 0.317 e. The van der Waals surface area contributed by atoms with Crippen LogP contribution in [-0.2, 0) is 14.8 Å². The molecule has 3 N–H and O–H groups in total. The Bertz CT molecular complexity index is 680. The van der Waals surface area contributed by atoms with Gasteiger partial charge >= 0.3 is 12.0 Å². The minimum absolute atomic E-state index is 0.0270. The van der Waals surface area contributed by atoms with E-state index < -0.39 is 21.9 Å². The lowest BCUT2D eigenvalue weighted by Crippen LogP contribution is -2.48. The second kappa shape index (κ2) is 8.06. The first-order valence-electron chi connectivity index (χ1n) is 7.55. The third-order valence-electron chi connectivity index (χ3n) is 3.70. The zero-order valence-electron chi connectivity index (χ0n) is 13.0. The number of carbonyl (C=O) groups is 2. The normalized spacial score (nSPS) is 18.2. The van der Waals surface area contributed by atoms with E-state index in [2.05, 4.69) is 15.0 Å². The van der Waals surface area contributed by atoms with E-state index in [0.29, 0.717) is 19.4 Å². The predicted octanol–water partition coefficient (Wildman–Crippen LogP) is -0.134. The minimum Gasteiger partial charge on any atom is -0.481 e. The molecule has 2 heterocycles. The third-order valence-corrected chi connectivity index (χ3v) is 5.14. The number of carboxylic acids is 1. The van der Waals surface area contributed by atoms with Crippen LogP contribution < -0.4 is 10.0 Å². The molecule has 0 bridgehead atoms. The first-order valence-corrected chi connectivity index (χ1v) is 9.04. The van der Waals surface area contributed by atoms with Crippen molar-refractivity contribution in [3.8, 4) is 0 Å². The lowest BCUT2D eigenvalue weighted by molar-refractivity contribution is -0.143. The monoisotopic (exact) mass is 356 g/mol. The van der Waals surface area contributed by atoms with Crippen LogP contribution >= 0.6 is 0 Å². The molecule has 1 aliphatic heterocycles. The number of nitrogens with one attached hydrogen (secondary N) is 2. The fourth-order valence-corrected chi connectivity index (χ4v) is 3.41. The fourth-order valence-electron chi connectivity index (χ4n) is 2.42. The van der Waals surface area contributed by atoms with E-state index >= 15 is 0 Å². The van der Waals surface area contributed by atoms with E-state index in [0.717, 1.165) is 0 Å². The second-order valence-electron chi connectivity index (χ2n) is 5.44. The highest BCUT2D eigenvalue weighted by atomic mass is 32.2. The Balaban J connectivity index is 1.76. The number of carboxylic acid groups (broad SMARTS) is 1. The number of nitrogens with zero attached hydrogens (tertiary/aromatic N) is 2. The van der Waals surface area contributed by atoms with Gasteiger partial charge in [-0.15, -0.1) is 0 Å². The number of rotatable bonds is 6. The molecular weight excluding hydrogens is 336 g/mol. The van der Waals surface area contributed by atoms with Crippen LogP contribution in [0.1, 0.15) is 12.8 Å². The number of pyridine rings is 1. The van der Waals surface area contributed by atoms with Gasteiger partial charge in [-0.1, -0.05) is 0 Å². The zero-order valence-corrected chi connectivity index (χ0v) is 13.8. The van der Waals surface area contributed by atoms with Gasteiger partial charge in [-0.3, -0.25) is 9.78 Å². The lowest BCUT2D eigenvalue weighted by atomic mass is 9.99. The number of carbonyl (C=O) groups excluding carboxylic acids is 1. The summed E-state index contributed by atoms with van der Waals surface area (Å²) in [5.41, 5.74) is 0. The number of piperidine rings is 1. The molecule has 1 saturated heterocycles. The molecule has 0 radical (unpaired) electrons. The van der Waals surface area contributed by atoms with Gasteiger partial charge in [-0.05, 0) is 25.0 Å². The molecule has 0 saturated carbocycles. The molecule has 9 nitrogen and oxygen atoms in total. The Hall–Kier alpha value is -2.20. The first-order chi connectivity index (χ1) is 11.4. The number of sulfonamides is 1. The van der Waals surface area contributed by atoms with E-state index in [-0.39, 0.29) is 30.6 Å². The van der Waals surface area contributed by atoms with Crippen molar-refractivity contribution in [1.82, 2.24) is 19.9 Å². The van der Waals surface area contributed by atoms with Crippen molar-refractivity contribution in [3.05, 3.63) is 24.5 Å². The van der Waals surface area contributed by atoms with Gasteiger partial charge in [0, 0.05) is 38.6 Å². The lowest BCUT2D eigenvalue weighted by Gasteiger charge is -2.30. The molecule has 0 aliphatic carbocycles. The van der Waals surface area contributed by atoms with Gasteiger partial charge in [-0.25, -0.2) is 17.9 Å². The number of amides is 2. The summed E-state index contributed by atoms with van der Waals surface area (Å²) in [7, 11) is -3.66. The Morgan fingerprint density at radius 1 is 1.38 bits per heavy atom. The van der Waals surface area contributed by atoms with Crippen molar-refractivity contribution in [2.75, 3.05) is 26.2 Å². The van der Waals surface area contributed by atoms with Crippen LogP contribution in [0.25, 0.3) is 0 Å². The predicted molar refractivity (Wildman–Crippen MR) is 84.8 cm³/mol. The Morgan fingerprint density at radius 2 is 2.17 bits per heavy atom. The number of hydrogen-bond donors (Lipinski definition) is 3. The van der Waals surface area contributed by atoms with Crippen LogP contribution in [0.2, 0.25) is 0 Å². The van der Waals surface area contributed by atoms with Crippen molar-refractivity contribution in [2.45, 2.75) is 17.7 Å². The summed E-state index contributed by atoms with van der Waals surface area (Å²) in [6, 6.07) is 2.56. The van der Waals surface area contributed by atoms with Crippen LogP contribution in [0.3, 0.4) is 0 Å². The van der Waals surface area contributed by atoms with Gasteiger partial charge in [0.2, 0.25) is 10.0 Å². The molecular formula is C14H20N4O5S. The summed E-state index contributed by atoms with van der Waals surface area (Å²) in [5.74, 6) is -1.45. The highest BCUT2D eigenvalue weighted by Crippen LogP contribution is 2.16. The SMILES string of the molecule is O=C(O)C1CCCN(C(=O)NCCNS(=O)(=O)c2cccnc2)C1. The van der Waals surface area contributed by atoms with Gasteiger partial charge in [0.05, 0.1) is 5.92 Å². The average Bonchev–Trinajstić information content (AvgIpc) is 2.59. The molecule has 1 aromatic rings. The Kier molecular flexibility index (Phi) is 6.10. The summed E-state index contributed by atoms with van der Waals surface area (Å²) >= 11 is 0. The quantitative estimate of drug-likeness (QED) is 0.609. The minimum atomic E-state index is -3.66. The smallest absolute Gasteiger partial charge is 0.317 e. The number of hydrogen-bond acceptors (Lipinski definition) is 5. The average molecular weight is 356 g/mol. The fraction of sp³-hybridized carbons (Fsp3) is 0.500. The van der Waals surface area contributed by atoms with Crippen LogP contribution in [0, 0.1) is 5.92 Å². The van der Waals surface area contributed by atoms with Crippen molar-refractivity contribution >= 4 is 22.0 Å². The molecule has 10 heteroatoms. The van der Waals surface area contributed by atoms with Crippen LogP contribution in [0.15, 0.2) is 29.4 Å². The summed E-state index contributed by atoms with van der Waals surface area (Å²) in [4.78, 5) is 28.2. The first kappa shape index (κ1) is 18.1. The molecule has 1 aliphatic rings. The van der Waals surface area contributed by atoms with E-state index in [4.69, 9.17) is 5.11 Å². The standard InChI is InChI=1S/C14H20N4O5S/c19-13(20)11-3-2-8-18(10-11)14(21)16-6-7-17-24(22,23)12-4-1-5-15-9-12/h1,4-5,9,11,17H,2-3,6-8,10H2,(H,16,21)(H,19,20). The topological polar surface area (TPSA) is 129 Å². The zero-order chi connectivity index (χ0) is 17.6. The number of likely N-dealkylation sites (tertiary alicyclic amines) is 1. The number of aliphatic carboxylic acids is 1. The van der Waals surface area contributed by atoms with E-state index in [1.165, 1.54) is 29.4 Å². The molecule has 132 valence electrons. The highest BCUT2D eigenvalue weighted by Gasteiger charge is 2.27. The Morgan fingerprint density at radius 3 is 2.83 bits per heavy atom. The van der Waals surface area contributed by atoms with Crippen LogP contribution in [0.5, 0.6) is 0 Å². The number of urea groups is 1.